The third-order valence-corrected chi connectivity index (χ3v) is 5.16. The van der Waals surface area contributed by atoms with E-state index < -0.39 is 0 Å². The Labute approximate surface area is 154 Å². The van der Waals surface area contributed by atoms with Crippen LogP contribution in [0.5, 0.6) is 5.75 Å². The van der Waals surface area contributed by atoms with Crippen LogP contribution in [0.4, 0.5) is 0 Å². The predicted molar refractivity (Wildman–Crippen MR) is 97.4 cm³/mol. The van der Waals surface area contributed by atoms with Gasteiger partial charge in [0.05, 0.1) is 30.5 Å². The van der Waals surface area contributed by atoms with Crippen molar-refractivity contribution >= 4 is 11.6 Å². The highest BCUT2D eigenvalue weighted by Gasteiger charge is 2.33. The zero-order chi connectivity index (χ0) is 18.5. The first-order chi connectivity index (χ1) is 13.1. The van der Waals surface area contributed by atoms with E-state index in [0.717, 1.165) is 22.6 Å². The number of aryl methyl sites for hydroxylation is 1. The van der Waals surface area contributed by atoms with E-state index in [1.54, 1.807) is 34.1 Å². The molecule has 1 amide bonds. The van der Waals surface area contributed by atoms with Crippen molar-refractivity contribution < 1.29 is 9.90 Å². The molecule has 3 aromatic heterocycles. The molecule has 8 nitrogen and oxygen atoms in total. The van der Waals surface area contributed by atoms with Gasteiger partial charge in [-0.1, -0.05) is 12.1 Å². The van der Waals surface area contributed by atoms with Gasteiger partial charge in [0, 0.05) is 31.9 Å². The normalized spacial score (nSPS) is 16.6. The van der Waals surface area contributed by atoms with Gasteiger partial charge in [-0.05, 0) is 17.7 Å². The molecule has 136 valence electrons. The highest BCUT2D eigenvalue weighted by Crippen LogP contribution is 2.33. The van der Waals surface area contributed by atoms with Crippen LogP contribution >= 0.6 is 0 Å². The Morgan fingerprint density at radius 2 is 2.22 bits per heavy atom. The average molecular weight is 362 g/mol. The van der Waals surface area contributed by atoms with Crippen LogP contribution in [0.25, 0.3) is 5.65 Å². The molecule has 5 rings (SSSR count). The SMILES string of the molecule is Cn1ccn2ncc(C(=O)N3Cc4[nH]cnc4C(c4cccc(O)c4)C3)c12. The Bertz CT molecular complexity index is 1150. The minimum absolute atomic E-state index is 0.0720. The number of hydrogen-bond acceptors (Lipinski definition) is 4. The number of nitrogens with one attached hydrogen (secondary N) is 1. The van der Waals surface area contributed by atoms with E-state index in [2.05, 4.69) is 15.1 Å². The monoisotopic (exact) mass is 362 g/mol. The van der Waals surface area contributed by atoms with Gasteiger partial charge in [-0.25, -0.2) is 9.50 Å². The summed E-state index contributed by atoms with van der Waals surface area (Å²) in [7, 11) is 1.90. The van der Waals surface area contributed by atoms with Crippen molar-refractivity contribution in [2.75, 3.05) is 6.54 Å². The Kier molecular flexibility index (Phi) is 3.33. The van der Waals surface area contributed by atoms with Crippen LogP contribution in [0.1, 0.15) is 33.2 Å². The van der Waals surface area contributed by atoms with Gasteiger partial charge in [0.25, 0.3) is 5.91 Å². The Morgan fingerprint density at radius 3 is 3.07 bits per heavy atom. The van der Waals surface area contributed by atoms with E-state index in [4.69, 9.17) is 0 Å². The fraction of sp³-hybridized carbons (Fsp3) is 0.211. The highest BCUT2D eigenvalue weighted by atomic mass is 16.3. The van der Waals surface area contributed by atoms with Crippen molar-refractivity contribution in [2.45, 2.75) is 12.5 Å². The fourth-order valence-corrected chi connectivity index (χ4v) is 3.85. The molecular formula is C19H18N6O2. The number of phenols is 1. The molecule has 4 heterocycles. The van der Waals surface area contributed by atoms with Crippen LogP contribution in [-0.2, 0) is 13.6 Å². The van der Waals surface area contributed by atoms with Crippen molar-refractivity contribution in [3.8, 4) is 5.75 Å². The number of carbonyl (C=O) groups is 1. The Hall–Kier alpha value is -3.55. The molecule has 0 saturated carbocycles. The molecule has 0 bridgehead atoms. The number of phenolic OH excluding ortho intramolecular Hbond substituents is 1. The number of aromatic hydroxyl groups is 1. The molecule has 0 saturated heterocycles. The van der Waals surface area contributed by atoms with Crippen LogP contribution in [-0.4, -0.2) is 46.6 Å². The summed E-state index contributed by atoms with van der Waals surface area (Å²) < 4.78 is 3.59. The Balaban J connectivity index is 1.54. The number of hydrogen-bond donors (Lipinski definition) is 2. The smallest absolute Gasteiger partial charge is 0.259 e. The molecule has 1 aliphatic heterocycles. The third kappa shape index (κ3) is 2.41. The lowest BCUT2D eigenvalue weighted by atomic mass is 9.90. The van der Waals surface area contributed by atoms with Crippen molar-refractivity contribution in [1.82, 2.24) is 29.0 Å². The molecule has 0 radical (unpaired) electrons. The molecule has 1 aliphatic rings. The van der Waals surface area contributed by atoms with E-state index in [-0.39, 0.29) is 17.6 Å². The van der Waals surface area contributed by atoms with E-state index >= 15 is 0 Å². The van der Waals surface area contributed by atoms with Gasteiger partial charge in [0.2, 0.25) is 0 Å². The van der Waals surface area contributed by atoms with E-state index in [0.29, 0.717) is 18.7 Å². The van der Waals surface area contributed by atoms with Gasteiger partial charge in [-0.3, -0.25) is 4.79 Å². The first-order valence-electron chi connectivity index (χ1n) is 8.71. The first-order valence-corrected chi connectivity index (χ1v) is 8.71. The standard InChI is InChI=1S/C19H18N6O2/c1-23-5-6-25-18(23)14(8-22-25)19(27)24-9-15(12-3-2-4-13(26)7-12)17-16(10-24)20-11-21-17/h2-8,11,15,26H,9-10H2,1H3,(H,20,21). The number of rotatable bonds is 2. The van der Waals surface area contributed by atoms with E-state index in [9.17, 15) is 9.90 Å². The number of aromatic nitrogens is 5. The van der Waals surface area contributed by atoms with Gasteiger partial charge in [-0.15, -0.1) is 0 Å². The number of imidazole rings is 2. The summed E-state index contributed by atoms with van der Waals surface area (Å²) in [6.07, 6.45) is 6.97. The number of fused-ring (bicyclic) bond motifs is 2. The summed E-state index contributed by atoms with van der Waals surface area (Å²) in [5.41, 5.74) is 4.10. The summed E-state index contributed by atoms with van der Waals surface area (Å²) in [6.45, 7) is 0.952. The maximum atomic E-state index is 13.3. The molecule has 1 aromatic carbocycles. The van der Waals surface area contributed by atoms with E-state index in [1.807, 2.05) is 36.1 Å². The molecule has 0 spiro atoms. The van der Waals surface area contributed by atoms with Gasteiger partial charge >= 0.3 is 0 Å². The summed E-state index contributed by atoms with van der Waals surface area (Å²) in [6, 6.07) is 7.13. The molecule has 0 fully saturated rings. The minimum Gasteiger partial charge on any atom is -0.508 e. The second-order valence-electron chi connectivity index (χ2n) is 6.84. The highest BCUT2D eigenvalue weighted by molar-refractivity contribution is 6.00. The molecule has 2 N–H and O–H groups in total. The molecule has 1 unspecified atom stereocenters. The van der Waals surface area contributed by atoms with Gasteiger partial charge in [0.1, 0.15) is 17.0 Å². The number of benzene rings is 1. The second-order valence-corrected chi connectivity index (χ2v) is 6.84. The lowest BCUT2D eigenvalue weighted by molar-refractivity contribution is 0.0723. The van der Waals surface area contributed by atoms with Crippen LogP contribution in [0.15, 0.2) is 49.2 Å². The fourth-order valence-electron chi connectivity index (χ4n) is 3.85. The molecule has 4 aromatic rings. The lowest BCUT2D eigenvalue weighted by Crippen LogP contribution is -2.38. The van der Waals surface area contributed by atoms with Crippen molar-refractivity contribution in [3.63, 3.8) is 0 Å². The van der Waals surface area contributed by atoms with Gasteiger partial charge < -0.3 is 19.6 Å². The van der Waals surface area contributed by atoms with Crippen LogP contribution in [0, 0.1) is 0 Å². The molecule has 0 aliphatic carbocycles. The van der Waals surface area contributed by atoms with Gasteiger partial charge in [0.15, 0.2) is 0 Å². The van der Waals surface area contributed by atoms with Crippen molar-refractivity contribution in [1.29, 1.82) is 0 Å². The van der Waals surface area contributed by atoms with E-state index in [1.165, 1.54) is 0 Å². The topological polar surface area (TPSA) is 91.5 Å². The van der Waals surface area contributed by atoms with Gasteiger partial charge in [-0.2, -0.15) is 5.10 Å². The van der Waals surface area contributed by atoms with Crippen LogP contribution in [0.2, 0.25) is 0 Å². The maximum absolute atomic E-state index is 13.3. The quantitative estimate of drug-likeness (QED) is 0.570. The number of H-pyrrole nitrogens is 1. The molecule has 27 heavy (non-hydrogen) atoms. The summed E-state index contributed by atoms with van der Waals surface area (Å²) in [5, 5.41) is 14.1. The van der Waals surface area contributed by atoms with Crippen LogP contribution < -0.4 is 0 Å². The average Bonchev–Trinajstić information content (AvgIpc) is 3.38. The maximum Gasteiger partial charge on any atom is 0.259 e. The predicted octanol–water partition coefficient (Wildman–Crippen LogP) is 1.89. The third-order valence-electron chi connectivity index (χ3n) is 5.16. The summed E-state index contributed by atoms with van der Waals surface area (Å²) in [4.78, 5) is 22.7. The molecule has 8 heteroatoms. The lowest BCUT2D eigenvalue weighted by Gasteiger charge is -2.32. The largest absolute Gasteiger partial charge is 0.508 e. The number of aromatic amines is 1. The van der Waals surface area contributed by atoms with Crippen molar-refractivity contribution in [3.05, 3.63) is 71.7 Å². The Morgan fingerprint density at radius 1 is 1.33 bits per heavy atom. The summed E-state index contributed by atoms with van der Waals surface area (Å²) in [5.74, 6) is 0.0305. The zero-order valence-corrected chi connectivity index (χ0v) is 14.7. The zero-order valence-electron chi connectivity index (χ0n) is 14.7. The second kappa shape index (κ2) is 5.73. The molecular weight excluding hydrogens is 344 g/mol. The first kappa shape index (κ1) is 15.7. The molecule has 1 atom stereocenters. The minimum atomic E-state index is -0.101. The number of carbonyl (C=O) groups excluding carboxylic acids is 1. The van der Waals surface area contributed by atoms with Crippen LogP contribution in [0.3, 0.4) is 0 Å². The number of nitrogens with zero attached hydrogens (tertiary/aromatic N) is 5. The summed E-state index contributed by atoms with van der Waals surface area (Å²) >= 11 is 0. The number of amides is 1. The van der Waals surface area contributed by atoms with Crippen molar-refractivity contribution in [2.24, 2.45) is 7.05 Å².